The molecule has 0 unspecified atom stereocenters. The number of benzene rings is 1. The molecule has 0 aliphatic rings. The summed E-state index contributed by atoms with van der Waals surface area (Å²) in [5.41, 5.74) is 6.55. The van der Waals surface area contributed by atoms with E-state index in [2.05, 4.69) is 17.4 Å². The van der Waals surface area contributed by atoms with E-state index in [-0.39, 0.29) is 5.91 Å². The summed E-state index contributed by atoms with van der Waals surface area (Å²) in [5.74, 6) is 0.0854. The van der Waals surface area contributed by atoms with E-state index in [0.717, 1.165) is 12.8 Å². The van der Waals surface area contributed by atoms with Crippen molar-refractivity contribution < 1.29 is 9.53 Å². The summed E-state index contributed by atoms with van der Waals surface area (Å²) in [4.78, 5) is 11.5. The molecule has 0 radical (unpaired) electrons. The molecule has 0 bridgehead atoms. The van der Waals surface area contributed by atoms with Crippen molar-refractivity contribution in [2.75, 3.05) is 26.3 Å². The predicted molar refractivity (Wildman–Crippen MR) is 72.3 cm³/mol. The van der Waals surface area contributed by atoms with Crippen LogP contribution in [0.4, 0.5) is 0 Å². The second kappa shape index (κ2) is 9.62. The standard InChI is InChI=1S/C14H22N2O2/c15-9-11-18-12-10-16-14(17)8-4-7-13-5-2-1-3-6-13/h1-3,5-6H,4,7-12,15H2,(H,16,17). The Bertz CT molecular complexity index is 328. The van der Waals surface area contributed by atoms with Crippen LogP contribution in [0, 0.1) is 0 Å². The van der Waals surface area contributed by atoms with Gasteiger partial charge in [0.05, 0.1) is 13.2 Å². The summed E-state index contributed by atoms with van der Waals surface area (Å²) in [6.07, 6.45) is 2.38. The summed E-state index contributed by atoms with van der Waals surface area (Å²) in [5, 5.41) is 2.82. The van der Waals surface area contributed by atoms with Crippen LogP contribution in [0.5, 0.6) is 0 Å². The topological polar surface area (TPSA) is 64.3 Å². The average Bonchev–Trinajstić information content (AvgIpc) is 2.40. The molecule has 0 atom stereocenters. The molecule has 1 aromatic carbocycles. The van der Waals surface area contributed by atoms with Crippen LogP contribution in [0.25, 0.3) is 0 Å². The summed E-state index contributed by atoms with van der Waals surface area (Å²) in [7, 11) is 0. The quantitative estimate of drug-likeness (QED) is 0.645. The molecule has 1 amide bonds. The van der Waals surface area contributed by atoms with Crippen molar-refractivity contribution in [1.82, 2.24) is 5.32 Å². The zero-order chi connectivity index (χ0) is 13.1. The highest BCUT2D eigenvalue weighted by molar-refractivity contribution is 5.75. The van der Waals surface area contributed by atoms with Crippen LogP contribution in [0.3, 0.4) is 0 Å². The number of amides is 1. The van der Waals surface area contributed by atoms with Gasteiger partial charge in [-0.3, -0.25) is 4.79 Å². The molecule has 0 spiro atoms. The second-order valence-corrected chi connectivity index (χ2v) is 4.09. The molecular weight excluding hydrogens is 228 g/mol. The lowest BCUT2D eigenvalue weighted by Crippen LogP contribution is -2.27. The molecule has 0 aliphatic carbocycles. The number of nitrogens with two attached hydrogens (primary N) is 1. The van der Waals surface area contributed by atoms with Gasteiger partial charge in [-0.15, -0.1) is 0 Å². The number of hydrogen-bond donors (Lipinski definition) is 2. The molecule has 0 aliphatic heterocycles. The van der Waals surface area contributed by atoms with Crippen molar-refractivity contribution in [2.24, 2.45) is 5.73 Å². The Hall–Kier alpha value is -1.39. The summed E-state index contributed by atoms with van der Waals surface area (Å²) < 4.78 is 5.17. The fourth-order valence-electron chi connectivity index (χ4n) is 1.63. The summed E-state index contributed by atoms with van der Waals surface area (Å²) >= 11 is 0. The van der Waals surface area contributed by atoms with E-state index in [4.69, 9.17) is 10.5 Å². The van der Waals surface area contributed by atoms with E-state index in [0.29, 0.717) is 32.7 Å². The molecule has 0 heterocycles. The number of rotatable bonds is 9. The van der Waals surface area contributed by atoms with E-state index in [9.17, 15) is 4.79 Å². The number of ether oxygens (including phenoxy) is 1. The minimum absolute atomic E-state index is 0.0854. The molecule has 4 nitrogen and oxygen atoms in total. The number of carbonyl (C=O) groups is 1. The van der Waals surface area contributed by atoms with Crippen LogP contribution >= 0.6 is 0 Å². The SMILES string of the molecule is NCCOCCNC(=O)CCCc1ccccc1. The third kappa shape index (κ3) is 7.04. The van der Waals surface area contributed by atoms with Crippen LogP contribution in [0.2, 0.25) is 0 Å². The lowest BCUT2D eigenvalue weighted by molar-refractivity contribution is -0.121. The number of carbonyl (C=O) groups excluding carboxylic acids is 1. The van der Waals surface area contributed by atoms with Crippen molar-refractivity contribution >= 4 is 5.91 Å². The second-order valence-electron chi connectivity index (χ2n) is 4.09. The first-order valence-electron chi connectivity index (χ1n) is 6.41. The Labute approximate surface area is 109 Å². The van der Waals surface area contributed by atoms with Crippen LogP contribution in [-0.2, 0) is 16.0 Å². The Morgan fingerprint density at radius 2 is 2.00 bits per heavy atom. The molecule has 18 heavy (non-hydrogen) atoms. The minimum Gasteiger partial charge on any atom is -0.378 e. The number of nitrogens with one attached hydrogen (secondary N) is 1. The number of aryl methyl sites for hydroxylation is 1. The minimum atomic E-state index is 0.0854. The van der Waals surface area contributed by atoms with Gasteiger partial charge in [0.15, 0.2) is 0 Å². The first-order valence-corrected chi connectivity index (χ1v) is 6.41. The fraction of sp³-hybridized carbons (Fsp3) is 0.500. The van der Waals surface area contributed by atoms with Gasteiger partial charge in [-0.1, -0.05) is 30.3 Å². The van der Waals surface area contributed by atoms with E-state index < -0.39 is 0 Å². The summed E-state index contributed by atoms with van der Waals surface area (Å²) in [6, 6.07) is 10.2. The highest BCUT2D eigenvalue weighted by Gasteiger charge is 2.00. The fourth-order valence-corrected chi connectivity index (χ4v) is 1.63. The molecule has 100 valence electrons. The molecular formula is C14H22N2O2. The third-order valence-electron chi connectivity index (χ3n) is 2.54. The van der Waals surface area contributed by atoms with Gasteiger partial charge in [0.1, 0.15) is 0 Å². The first-order chi connectivity index (χ1) is 8.83. The van der Waals surface area contributed by atoms with Crippen molar-refractivity contribution in [3.63, 3.8) is 0 Å². The normalized spacial score (nSPS) is 10.3. The Balaban J connectivity index is 2.00. The zero-order valence-corrected chi connectivity index (χ0v) is 10.7. The smallest absolute Gasteiger partial charge is 0.220 e. The largest absolute Gasteiger partial charge is 0.378 e. The molecule has 4 heteroatoms. The van der Waals surface area contributed by atoms with Gasteiger partial charge in [-0.2, -0.15) is 0 Å². The molecule has 3 N–H and O–H groups in total. The van der Waals surface area contributed by atoms with Crippen molar-refractivity contribution in [2.45, 2.75) is 19.3 Å². The van der Waals surface area contributed by atoms with Gasteiger partial charge >= 0.3 is 0 Å². The number of hydrogen-bond acceptors (Lipinski definition) is 3. The summed E-state index contributed by atoms with van der Waals surface area (Å²) in [6.45, 7) is 2.15. The van der Waals surface area contributed by atoms with Gasteiger partial charge in [0, 0.05) is 19.5 Å². The predicted octanol–water partition coefficient (Wildman–Crippen LogP) is 1.10. The van der Waals surface area contributed by atoms with E-state index in [1.165, 1.54) is 5.56 Å². The van der Waals surface area contributed by atoms with Gasteiger partial charge in [0.2, 0.25) is 5.91 Å². The van der Waals surface area contributed by atoms with Crippen LogP contribution < -0.4 is 11.1 Å². The van der Waals surface area contributed by atoms with Gasteiger partial charge in [-0.25, -0.2) is 0 Å². The first kappa shape index (κ1) is 14.7. The van der Waals surface area contributed by atoms with Crippen molar-refractivity contribution in [3.8, 4) is 0 Å². The van der Waals surface area contributed by atoms with Crippen LogP contribution in [-0.4, -0.2) is 32.2 Å². The average molecular weight is 250 g/mol. The Kier molecular flexibility index (Phi) is 7.84. The van der Waals surface area contributed by atoms with E-state index >= 15 is 0 Å². The Morgan fingerprint density at radius 1 is 1.22 bits per heavy atom. The van der Waals surface area contributed by atoms with Gasteiger partial charge in [0.25, 0.3) is 0 Å². The highest BCUT2D eigenvalue weighted by atomic mass is 16.5. The molecule has 0 aromatic heterocycles. The Morgan fingerprint density at radius 3 is 2.72 bits per heavy atom. The van der Waals surface area contributed by atoms with E-state index in [1.54, 1.807) is 0 Å². The monoisotopic (exact) mass is 250 g/mol. The van der Waals surface area contributed by atoms with Crippen molar-refractivity contribution in [3.05, 3.63) is 35.9 Å². The molecule has 0 fully saturated rings. The lowest BCUT2D eigenvalue weighted by atomic mass is 10.1. The maximum absolute atomic E-state index is 11.5. The van der Waals surface area contributed by atoms with Crippen molar-refractivity contribution in [1.29, 1.82) is 0 Å². The van der Waals surface area contributed by atoms with Gasteiger partial charge in [-0.05, 0) is 18.4 Å². The molecule has 0 saturated carbocycles. The highest BCUT2D eigenvalue weighted by Crippen LogP contribution is 2.04. The maximum Gasteiger partial charge on any atom is 0.220 e. The maximum atomic E-state index is 11.5. The van der Waals surface area contributed by atoms with E-state index in [1.807, 2.05) is 18.2 Å². The lowest BCUT2D eigenvalue weighted by Gasteiger charge is -2.05. The van der Waals surface area contributed by atoms with Crippen LogP contribution in [0.15, 0.2) is 30.3 Å². The zero-order valence-electron chi connectivity index (χ0n) is 10.7. The molecule has 1 rings (SSSR count). The molecule has 1 aromatic rings. The molecule has 0 saturated heterocycles. The van der Waals surface area contributed by atoms with Crippen LogP contribution in [0.1, 0.15) is 18.4 Å². The third-order valence-corrected chi connectivity index (χ3v) is 2.54. The van der Waals surface area contributed by atoms with Gasteiger partial charge < -0.3 is 15.8 Å².